The zero-order valence-corrected chi connectivity index (χ0v) is 9.56. The average molecular weight is 216 g/mol. The molecule has 2 heteroatoms. The maximum Gasteiger partial charge on any atom is 0.244 e. The first-order chi connectivity index (χ1) is 7.86. The molecular formula is C14H18NO. The van der Waals surface area contributed by atoms with Gasteiger partial charge in [-0.25, -0.2) is 5.32 Å². The zero-order valence-electron chi connectivity index (χ0n) is 9.56. The number of hydrogen-bond donors (Lipinski definition) is 0. The molecule has 1 fully saturated rings. The van der Waals surface area contributed by atoms with Crippen molar-refractivity contribution in [2.75, 3.05) is 0 Å². The molecule has 1 aromatic rings. The molecule has 1 amide bonds. The van der Waals surface area contributed by atoms with Crippen LogP contribution in [-0.2, 0) is 11.3 Å². The van der Waals surface area contributed by atoms with Crippen LogP contribution in [0.2, 0.25) is 0 Å². The Hall–Kier alpha value is -1.31. The summed E-state index contributed by atoms with van der Waals surface area (Å²) in [6.07, 6.45) is 5.74. The van der Waals surface area contributed by atoms with Crippen molar-refractivity contribution >= 4 is 5.91 Å². The van der Waals surface area contributed by atoms with Crippen molar-refractivity contribution in [1.82, 2.24) is 5.32 Å². The second-order valence-electron chi connectivity index (χ2n) is 4.47. The number of hydrogen-bond acceptors (Lipinski definition) is 1. The molecule has 2 nitrogen and oxygen atoms in total. The van der Waals surface area contributed by atoms with Gasteiger partial charge >= 0.3 is 0 Å². The fourth-order valence-corrected chi connectivity index (χ4v) is 2.23. The fourth-order valence-electron chi connectivity index (χ4n) is 2.23. The lowest BCUT2D eigenvalue weighted by atomic mass is 9.88. The van der Waals surface area contributed by atoms with Gasteiger partial charge < -0.3 is 0 Å². The smallest absolute Gasteiger partial charge is 0.244 e. The maximum atomic E-state index is 11.8. The van der Waals surface area contributed by atoms with Crippen LogP contribution >= 0.6 is 0 Å². The summed E-state index contributed by atoms with van der Waals surface area (Å²) in [5.41, 5.74) is 1.12. The van der Waals surface area contributed by atoms with Crippen LogP contribution in [0.15, 0.2) is 30.3 Å². The van der Waals surface area contributed by atoms with Crippen molar-refractivity contribution < 1.29 is 4.79 Å². The lowest BCUT2D eigenvalue weighted by molar-refractivity contribution is -0.126. The predicted octanol–water partition coefficient (Wildman–Crippen LogP) is 2.90. The molecule has 16 heavy (non-hydrogen) atoms. The van der Waals surface area contributed by atoms with Gasteiger partial charge in [0.15, 0.2) is 0 Å². The molecule has 0 aliphatic heterocycles. The summed E-state index contributed by atoms with van der Waals surface area (Å²) >= 11 is 0. The average Bonchev–Trinajstić information content (AvgIpc) is 2.38. The van der Waals surface area contributed by atoms with Crippen LogP contribution in [0, 0.1) is 5.92 Å². The standard InChI is InChI=1S/C14H18NO/c16-14(13-9-5-2-6-10-13)15-11-12-7-3-1-4-8-12/h1,3-4,7-8,13H,2,5-6,9-11H2. The van der Waals surface area contributed by atoms with E-state index < -0.39 is 0 Å². The van der Waals surface area contributed by atoms with Crippen LogP contribution < -0.4 is 5.32 Å². The van der Waals surface area contributed by atoms with E-state index in [4.69, 9.17) is 0 Å². The van der Waals surface area contributed by atoms with Gasteiger partial charge in [-0.15, -0.1) is 0 Å². The molecule has 0 aromatic heterocycles. The van der Waals surface area contributed by atoms with E-state index in [0.29, 0.717) is 6.54 Å². The van der Waals surface area contributed by atoms with Gasteiger partial charge in [-0.2, -0.15) is 0 Å². The second-order valence-corrected chi connectivity index (χ2v) is 4.47. The van der Waals surface area contributed by atoms with Crippen LogP contribution in [0.5, 0.6) is 0 Å². The van der Waals surface area contributed by atoms with Crippen LogP contribution in [0.4, 0.5) is 0 Å². The molecule has 1 radical (unpaired) electrons. The molecule has 1 aliphatic carbocycles. The van der Waals surface area contributed by atoms with Crippen LogP contribution in [0.1, 0.15) is 37.7 Å². The highest BCUT2D eigenvalue weighted by atomic mass is 16.1. The highest BCUT2D eigenvalue weighted by Gasteiger charge is 2.21. The highest BCUT2D eigenvalue weighted by Crippen LogP contribution is 2.23. The van der Waals surface area contributed by atoms with Gasteiger partial charge in [0.25, 0.3) is 0 Å². The van der Waals surface area contributed by atoms with Gasteiger partial charge in [-0.05, 0) is 18.4 Å². The number of amides is 1. The van der Waals surface area contributed by atoms with Crippen LogP contribution in [-0.4, -0.2) is 5.91 Å². The number of nitrogens with zero attached hydrogens (tertiary/aromatic N) is 1. The Morgan fingerprint density at radius 3 is 2.50 bits per heavy atom. The minimum atomic E-state index is 0.114. The molecule has 1 aromatic carbocycles. The van der Waals surface area contributed by atoms with E-state index in [1.807, 2.05) is 30.3 Å². The van der Waals surface area contributed by atoms with E-state index in [1.54, 1.807) is 0 Å². The third kappa shape index (κ3) is 3.09. The SMILES string of the molecule is O=C([N]Cc1ccccc1)C1CCCCC1. The van der Waals surface area contributed by atoms with Gasteiger partial charge in [0, 0.05) is 5.92 Å². The maximum absolute atomic E-state index is 11.8. The van der Waals surface area contributed by atoms with E-state index in [1.165, 1.54) is 19.3 Å². The lowest BCUT2D eigenvalue weighted by Gasteiger charge is -2.19. The van der Waals surface area contributed by atoms with Gasteiger partial charge in [0.1, 0.15) is 0 Å². The minimum absolute atomic E-state index is 0.114. The summed E-state index contributed by atoms with van der Waals surface area (Å²) in [5.74, 6) is 0.320. The summed E-state index contributed by atoms with van der Waals surface area (Å²) in [6.45, 7) is 0.538. The molecule has 2 rings (SSSR count). The van der Waals surface area contributed by atoms with Crippen molar-refractivity contribution in [2.24, 2.45) is 5.92 Å². The normalized spacial score (nSPS) is 17.0. The van der Waals surface area contributed by atoms with Crippen molar-refractivity contribution in [2.45, 2.75) is 38.6 Å². The third-order valence-corrected chi connectivity index (χ3v) is 3.21. The van der Waals surface area contributed by atoms with Crippen molar-refractivity contribution in [3.63, 3.8) is 0 Å². The fraction of sp³-hybridized carbons (Fsp3) is 0.500. The Bertz CT molecular complexity index is 328. The topological polar surface area (TPSA) is 31.2 Å². The Morgan fingerprint density at radius 2 is 1.81 bits per heavy atom. The van der Waals surface area contributed by atoms with Crippen molar-refractivity contribution in [1.29, 1.82) is 0 Å². The van der Waals surface area contributed by atoms with E-state index in [-0.39, 0.29) is 11.8 Å². The number of benzene rings is 1. The number of carbonyl (C=O) groups is 1. The van der Waals surface area contributed by atoms with Gasteiger partial charge in [0.05, 0.1) is 6.54 Å². The molecule has 0 atom stereocenters. The van der Waals surface area contributed by atoms with Crippen molar-refractivity contribution in [3.05, 3.63) is 35.9 Å². The van der Waals surface area contributed by atoms with Gasteiger partial charge in [0.2, 0.25) is 5.91 Å². The summed E-state index contributed by atoms with van der Waals surface area (Å²) in [6, 6.07) is 9.97. The largest absolute Gasteiger partial charge is 0.273 e. The number of carbonyl (C=O) groups excluding carboxylic acids is 1. The molecule has 1 aliphatic rings. The van der Waals surface area contributed by atoms with Crippen LogP contribution in [0.25, 0.3) is 0 Å². The summed E-state index contributed by atoms with van der Waals surface area (Å²) < 4.78 is 0. The lowest BCUT2D eigenvalue weighted by Crippen LogP contribution is -2.26. The molecule has 1 saturated carbocycles. The molecule has 0 saturated heterocycles. The molecular weight excluding hydrogens is 198 g/mol. The second kappa shape index (κ2) is 5.69. The Balaban J connectivity index is 1.79. The van der Waals surface area contributed by atoms with E-state index in [0.717, 1.165) is 18.4 Å². The Morgan fingerprint density at radius 1 is 1.12 bits per heavy atom. The molecule has 0 N–H and O–H groups in total. The Labute approximate surface area is 97.1 Å². The minimum Gasteiger partial charge on any atom is -0.273 e. The molecule has 85 valence electrons. The first-order valence-electron chi connectivity index (χ1n) is 6.11. The quantitative estimate of drug-likeness (QED) is 0.764. The van der Waals surface area contributed by atoms with E-state index >= 15 is 0 Å². The highest BCUT2D eigenvalue weighted by molar-refractivity contribution is 5.78. The molecule has 0 spiro atoms. The van der Waals surface area contributed by atoms with E-state index in [2.05, 4.69) is 5.32 Å². The summed E-state index contributed by atoms with van der Waals surface area (Å²) in [5, 5.41) is 4.18. The molecule has 0 heterocycles. The third-order valence-electron chi connectivity index (χ3n) is 3.21. The first kappa shape index (κ1) is 11.2. The zero-order chi connectivity index (χ0) is 11.2. The van der Waals surface area contributed by atoms with E-state index in [9.17, 15) is 4.79 Å². The monoisotopic (exact) mass is 216 g/mol. The Kier molecular flexibility index (Phi) is 3.97. The van der Waals surface area contributed by atoms with Crippen molar-refractivity contribution in [3.8, 4) is 0 Å². The first-order valence-corrected chi connectivity index (χ1v) is 6.11. The molecule has 0 bridgehead atoms. The molecule has 0 unspecified atom stereocenters. The van der Waals surface area contributed by atoms with Crippen LogP contribution in [0.3, 0.4) is 0 Å². The predicted molar refractivity (Wildman–Crippen MR) is 63.9 cm³/mol. The van der Waals surface area contributed by atoms with Gasteiger partial charge in [-0.1, -0.05) is 49.6 Å². The van der Waals surface area contributed by atoms with Gasteiger partial charge in [-0.3, -0.25) is 4.79 Å². The summed E-state index contributed by atoms with van der Waals surface area (Å²) in [4.78, 5) is 11.8. The number of rotatable bonds is 3. The summed E-state index contributed by atoms with van der Waals surface area (Å²) in [7, 11) is 0.